The van der Waals surface area contributed by atoms with E-state index in [-0.39, 0.29) is 11.6 Å². The molecule has 1 heterocycles. The molecule has 0 fully saturated rings. The molecule has 2 N–H and O–H groups in total. The molecule has 0 radical (unpaired) electrons. The predicted octanol–water partition coefficient (Wildman–Crippen LogP) is 3.19. The molecule has 2 nitrogen and oxygen atoms in total. The lowest BCUT2D eigenvalue weighted by Crippen LogP contribution is -2.44. The van der Waals surface area contributed by atoms with Gasteiger partial charge in [-0.1, -0.05) is 31.5 Å². The second-order valence-electron chi connectivity index (χ2n) is 5.42. The Kier molecular flexibility index (Phi) is 2.70. The van der Waals surface area contributed by atoms with E-state index in [1.54, 1.807) is 0 Å². The van der Waals surface area contributed by atoms with E-state index in [0.717, 1.165) is 17.7 Å². The zero-order chi connectivity index (χ0) is 11.9. The molecule has 0 aliphatic carbocycles. The third-order valence-electron chi connectivity index (χ3n) is 3.75. The topological polar surface area (TPSA) is 35.2 Å². The number of benzene rings is 1. The van der Waals surface area contributed by atoms with E-state index in [1.165, 1.54) is 5.56 Å². The first-order valence-electron chi connectivity index (χ1n) is 5.97. The lowest BCUT2D eigenvalue weighted by Gasteiger charge is -2.41. The summed E-state index contributed by atoms with van der Waals surface area (Å²) in [4.78, 5) is 0. The SMILES string of the molecule is Cc1ccc2c(c1)[C@@H](N)CC(C)(C(C)C)O2. The van der Waals surface area contributed by atoms with Gasteiger partial charge in [0.2, 0.25) is 0 Å². The molecule has 2 heteroatoms. The van der Waals surface area contributed by atoms with Crippen LogP contribution in [0.5, 0.6) is 5.75 Å². The van der Waals surface area contributed by atoms with Gasteiger partial charge < -0.3 is 10.5 Å². The third-order valence-corrected chi connectivity index (χ3v) is 3.75. The molecule has 0 aromatic heterocycles. The van der Waals surface area contributed by atoms with Crippen molar-refractivity contribution >= 4 is 0 Å². The molecule has 0 saturated heterocycles. The molecule has 1 aliphatic heterocycles. The Balaban J connectivity index is 2.40. The number of nitrogens with two attached hydrogens (primary N) is 1. The summed E-state index contributed by atoms with van der Waals surface area (Å²) in [5.41, 5.74) is 8.50. The molecule has 16 heavy (non-hydrogen) atoms. The second kappa shape index (κ2) is 3.77. The zero-order valence-electron chi connectivity index (χ0n) is 10.6. The Hall–Kier alpha value is -1.02. The van der Waals surface area contributed by atoms with Gasteiger partial charge in [0.15, 0.2) is 0 Å². The average molecular weight is 219 g/mol. The molecule has 2 atom stereocenters. The van der Waals surface area contributed by atoms with Crippen LogP contribution in [-0.4, -0.2) is 5.60 Å². The van der Waals surface area contributed by atoms with Crippen LogP contribution in [0.2, 0.25) is 0 Å². The Bertz CT molecular complexity index is 400. The maximum absolute atomic E-state index is 6.25. The van der Waals surface area contributed by atoms with Crippen LogP contribution in [0.1, 0.15) is 44.4 Å². The van der Waals surface area contributed by atoms with Crippen LogP contribution in [0.4, 0.5) is 0 Å². The average Bonchev–Trinajstić information content (AvgIpc) is 2.19. The van der Waals surface area contributed by atoms with Crippen molar-refractivity contribution in [3.05, 3.63) is 29.3 Å². The quantitative estimate of drug-likeness (QED) is 0.787. The lowest BCUT2D eigenvalue weighted by molar-refractivity contribution is 0.0108. The fourth-order valence-electron chi connectivity index (χ4n) is 2.24. The van der Waals surface area contributed by atoms with E-state index in [2.05, 4.69) is 39.8 Å². The number of hydrogen-bond donors (Lipinski definition) is 1. The van der Waals surface area contributed by atoms with Gasteiger partial charge in [-0.05, 0) is 25.8 Å². The number of ether oxygens (including phenoxy) is 1. The predicted molar refractivity (Wildman–Crippen MR) is 66.6 cm³/mol. The van der Waals surface area contributed by atoms with E-state index in [0.29, 0.717) is 5.92 Å². The molecule has 88 valence electrons. The normalized spacial score (nSPS) is 28.8. The van der Waals surface area contributed by atoms with Crippen LogP contribution in [0, 0.1) is 12.8 Å². The van der Waals surface area contributed by atoms with E-state index < -0.39 is 0 Å². The summed E-state index contributed by atoms with van der Waals surface area (Å²) in [5.74, 6) is 1.42. The maximum Gasteiger partial charge on any atom is 0.124 e. The van der Waals surface area contributed by atoms with Crippen LogP contribution in [0.15, 0.2) is 18.2 Å². The van der Waals surface area contributed by atoms with Crippen molar-refractivity contribution in [3.63, 3.8) is 0 Å². The second-order valence-corrected chi connectivity index (χ2v) is 5.42. The van der Waals surface area contributed by atoms with Gasteiger partial charge in [-0.25, -0.2) is 0 Å². The molecule has 0 saturated carbocycles. The zero-order valence-corrected chi connectivity index (χ0v) is 10.6. The van der Waals surface area contributed by atoms with Crippen LogP contribution >= 0.6 is 0 Å². The summed E-state index contributed by atoms with van der Waals surface area (Å²) >= 11 is 0. The van der Waals surface area contributed by atoms with Gasteiger partial charge in [0.1, 0.15) is 11.4 Å². The van der Waals surface area contributed by atoms with Gasteiger partial charge >= 0.3 is 0 Å². The largest absolute Gasteiger partial charge is 0.487 e. The molecular weight excluding hydrogens is 198 g/mol. The standard InChI is InChI=1S/C14H21NO/c1-9(2)14(4)8-12(15)11-7-10(3)5-6-13(11)16-14/h5-7,9,12H,8,15H2,1-4H3/t12-,14?/m0/s1. The Morgan fingerprint density at radius 2 is 2.12 bits per heavy atom. The van der Waals surface area contributed by atoms with Crippen molar-refractivity contribution < 1.29 is 4.74 Å². The molecule has 1 aromatic carbocycles. The molecule has 1 aromatic rings. The van der Waals surface area contributed by atoms with E-state index in [1.807, 2.05) is 6.07 Å². The Labute approximate surface area is 97.8 Å². The van der Waals surface area contributed by atoms with Crippen molar-refractivity contribution in [1.29, 1.82) is 0 Å². The fourth-order valence-corrected chi connectivity index (χ4v) is 2.24. The van der Waals surface area contributed by atoms with Crippen molar-refractivity contribution in [2.75, 3.05) is 0 Å². The first kappa shape index (κ1) is 11.5. The summed E-state index contributed by atoms with van der Waals surface area (Å²) in [7, 11) is 0. The monoisotopic (exact) mass is 219 g/mol. The maximum atomic E-state index is 6.25. The number of fused-ring (bicyclic) bond motifs is 1. The van der Waals surface area contributed by atoms with Gasteiger partial charge in [0, 0.05) is 18.0 Å². The molecule has 1 unspecified atom stereocenters. The molecule has 2 rings (SSSR count). The molecule has 1 aliphatic rings. The molecule has 0 amide bonds. The fraction of sp³-hybridized carbons (Fsp3) is 0.571. The Morgan fingerprint density at radius 3 is 2.75 bits per heavy atom. The summed E-state index contributed by atoms with van der Waals surface area (Å²) in [6.45, 7) is 8.61. The van der Waals surface area contributed by atoms with Crippen molar-refractivity contribution in [2.24, 2.45) is 11.7 Å². The Morgan fingerprint density at radius 1 is 1.44 bits per heavy atom. The van der Waals surface area contributed by atoms with E-state index >= 15 is 0 Å². The van der Waals surface area contributed by atoms with Crippen LogP contribution in [0.25, 0.3) is 0 Å². The van der Waals surface area contributed by atoms with Gasteiger partial charge in [-0.3, -0.25) is 0 Å². The van der Waals surface area contributed by atoms with Crippen LogP contribution < -0.4 is 10.5 Å². The summed E-state index contributed by atoms with van der Waals surface area (Å²) in [5, 5.41) is 0. The van der Waals surface area contributed by atoms with Gasteiger partial charge in [-0.2, -0.15) is 0 Å². The summed E-state index contributed by atoms with van der Waals surface area (Å²) in [6.07, 6.45) is 0.890. The van der Waals surface area contributed by atoms with Crippen molar-refractivity contribution in [1.82, 2.24) is 0 Å². The van der Waals surface area contributed by atoms with E-state index in [9.17, 15) is 0 Å². The van der Waals surface area contributed by atoms with Crippen LogP contribution in [-0.2, 0) is 0 Å². The van der Waals surface area contributed by atoms with E-state index in [4.69, 9.17) is 10.5 Å². The highest BCUT2D eigenvalue weighted by Crippen LogP contribution is 2.41. The highest BCUT2D eigenvalue weighted by Gasteiger charge is 2.38. The first-order chi connectivity index (χ1) is 7.42. The molecule has 0 bridgehead atoms. The number of hydrogen-bond acceptors (Lipinski definition) is 2. The minimum absolute atomic E-state index is 0.0936. The van der Waals surface area contributed by atoms with Gasteiger partial charge in [0.05, 0.1) is 0 Å². The minimum Gasteiger partial charge on any atom is -0.487 e. The third kappa shape index (κ3) is 1.82. The highest BCUT2D eigenvalue weighted by atomic mass is 16.5. The molecular formula is C14H21NO. The summed E-state index contributed by atoms with van der Waals surface area (Å²) < 4.78 is 6.13. The lowest BCUT2D eigenvalue weighted by atomic mass is 9.81. The highest BCUT2D eigenvalue weighted by molar-refractivity contribution is 5.41. The minimum atomic E-state index is -0.137. The summed E-state index contributed by atoms with van der Waals surface area (Å²) in [6, 6.07) is 6.36. The first-order valence-corrected chi connectivity index (χ1v) is 5.97. The number of aryl methyl sites for hydroxylation is 1. The smallest absolute Gasteiger partial charge is 0.124 e. The van der Waals surface area contributed by atoms with Gasteiger partial charge in [-0.15, -0.1) is 0 Å². The van der Waals surface area contributed by atoms with Crippen molar-refractivity contribution in [2.45, 2.75) is 45.8 Å². The number of rotatable bonds is 1. The molecule has 0 spiro atoms. The van der Waals surface area contributed by atoms with Gasteiger partial charge in [0.25, 0.3) is 0 Å². The van der Waals surface area contributed by atoms with Crippen LogP contribution in [0.3, 0.4) is 0 Å². The van der Waals surface area contributed by atoms with Crippen molar-refractivity contribution in [3.8, 4) is 5.75 Å².